The molecule has 0 amide bonds. The van der Waals surface area contributed by atoms with Crippen molar-refractivity contribution in [2.75, 3.05) is 14.2 Å². The maximum absolute atomic E-state index is 11.1. The van der Waals surface area contributed by atoms with Crippen LogP contribution in [0.4, 0.5) is 0 Å². The van der Waals surface area contributed by atoms with Gasteiger partial charge in [0.1, 0.15) is 0 Å². The van der Waals surface area contributed by atoms with Crippen LogP contribution in [0, 0.1) is 17.8 Å². The molecule has 0 spiro atoms. The molecule has 2 aliphatic rings. The second-order valence-electron chi connectivity index (χ2n) is 4.92. The highest BCUT2D eigenvalue weighted by Crippen LogP contribution is 2.45. The maximum atomic E-state index is 11.1. The summed E-state index contributed by atoms with van der Waals surface area (Å²) in [6.07, 6.45) is 8.37. The van der Waals surface area contributed by atoms with Crippen molar-refractivity contribution < 1.29 is 13.6 Å². The summed E-state index contributed by atoms with van der Waals surface area (Å²) in [5.74, 6) is 3.20. The van der Waals surface area contributed by atoms with Crippen LogP contribution in [-0.4, -0.2) is 28.7 Å². The summed E-state index contributed by atoms with van der Waals surface area (Å²) in [6, 6.07) is 0.797. The smallest absolute Gasteiger partial charge is 0.393 e. The highest BCUT2D eigenvalue weighted by atomic mass is 28.4. The average molecular weight is 240 g/mol. The highest BCUT2D eigenvalue weighted by Gasteiger charge is 2.40. The second-order valence-corrected chi connectivity index (χ2v) is 8.09. The van der Waals surface area contributed by atoms with Crippen LogP contribution in [-0.2, 0) is 13.6 Å². The quantitative estimate of drug-likeness (QED) is 0.405. The Morgan fingerprint density at radius 2 is 2.06 bits per heavy atom. The lowest BCUT2D eigenvalue weighted by molar-refractivity contribution is 0.252. The van der Waals surface area contributed by atoms with Gasteiger partial charge in [-0.25, -0.2) is 0 Å². The minimum atomic E-state index is -2.52. The fourth-order valence-electron chi connectivity index (χ4n) is 3.06. The molecule has 1 saturated carbocycles. The van der Waals surface area contributed by atoms with E-state index in [4.69, 9.17) is 8.85 Å². The van der Waals surface area contributed by atoms with Gasteiger partial charge in [-0.15, -0.1) is 0 Å². The Hall–Kier alpha value is -0.453. The minimum absolute atomic E-state index is 0.743. The first kappa shape index (κ1) is 12.0. The molecule has 0 aliphatic heterocycles. The van der Waals surface area contributed by atoms with Gasteiger partial charge in [0.15, 0.2) is 5.91 Å². The largest absolute Gasteiger partial charge is 0.405 e. The molecule has 0 aromatic carbocycles. The molecule has 3 atom stereocenters. The van der Waals surface area contributed by atoms with Gasteiger partial charge in [0, 0.05) is 14.2 Å². The number of allylic oxidation sites excluding steroid dienone is 2. The molecule has 2 bridgehead atoms. The van der Waals surface area contributed by atoms with Crippen molar-refractivity contribution >= 4 is 14.5 Å². The third-order valence-corrected chi connectivity index (χ3v) is 6.88. The van der Waals surface area contributed by atoms with Gasteiger partial charge in [-0.3, -0.25) is 0 Å². The molecule has 3 unspecified atom stereocenters. The molecule has 0 saturated heterocycles. The van der Waals surface area contributed by atoms with Gasteiger partial charge >= 0.3 is 8.56 Å². The molecule has 0 heterocycles. The Kier molecular flexibility index (Phi) is 3.62. The molecule has 1 fully saturated rings. The zero-order valence-corrected chi connectivity index (χ0v) is 11.0. The first-order valence-corrected chi connectivity index (χ1v) is 8.08. The Morgan fingerprint density at radius 1 is 1.31 bits per heavy atom. The number of hydrogen-bond donors (Lipinski definition) is 0. The lowest BCUT2D eigenvalue weighted by atomic mass is 9.91. The van der Waals surface area contributed by atoms with E-state index in [1.54, 1.807) is 14.2 Å². The lowest BCUT2D eigenvalue weighted by Gasteiger charge is -2.24. The predicted molar refractivity (Wildman–Crippen MR) is 64.8 cm³/mol. The number of fused-ring (bicyclic) bond motifs is 2. The van der Waals surface area contributed by atoms with E-state index in [9.17, 15) is 4.79 Å². The lowest BCUT2D eigenvalue weighted by Crippen LogP contribution is -2.42. The molecule has 2 aliphatic carbocycles. The molecule has 16 heavy (non-hydrogen) atoms. The predicted octanol–water partition coefficient (Wildman–Crippen LogP) is 2.10. The van der Waals surface area contributed by atoms with Crippen LogP contribution < -0.4 is 0 Å². The van der Waals surface area contributed by atoms with Gasteiger partial charge in [0.2, 0.25) is 0 Å². The van der Waals surface area contributed by atoms with Crippen LogP contribution in [0.1, 0.15) is 19.3 Å². The van der Waals surface area contributed by atoms with Crippen molar-refractivity contribution in [3.8, 4) is 0 Å². The van der Waals surface area contributed by atoms with Crippen molar-refractivity contribution in [1.82, 2.24) is 0 Å². The van der Waals surface area contributed by atoms with Gasteiger partial charge in [-0.2, -0.15) is 0 Å². The molecular formula is C12H20O3Si. The zero-order valence-electron chi connectivity index (χ0n) is 10.0. The van der Waals surface area contributed by atoms with Crippen molar-refractivity contribution in [2.24, 2.45) is 17.8 Å². The van der Waals surface area contributed by atoms with Crippen molar-refractivity contribution in [3.05, 3.63) is 12.2 Å². The molecule has 3 nitrogen and oxygen atoms in total. The van der Waals surface area contributed by atoms with E-state index in [1.165, 1.54) is 12.8 Å². The molecule has 90 valence electrons. The number of hydrogen-bond acceptors (Lipinski definition) is 3. The van der Waals surface area contributed by atoms with E-state index >= 15 is 0 Å². The Bertz CT molecular complexity index is 286. The summed E-state index contributed by atoms with van der Waals surface area (Å²) in [5, 5.41) is 0. The van der Waals surface area contributed by atoms with E-state index in [0.717, 1.165) is 36.1 Å². The number of rotatable bonds is 6. The molecule has 0 aromatic rings. The van der Waals surface area contributed by atoms with Crippen molar-refractivity contribution in [3.63, 3.8) is 0 Å². The molecule has 0 N–H and O–H groups in total. The third kappa shape index (κ3) is 2.14. The molecule has 0 aromatic heterocycles. The Morgan fingerprint density at radius 3 is 2.50 bits per heavy atom. The molecular weight excluding hydrogens is 220 g/mol. The van der Waals surface area contributed by atoms with E-state index in [-0.39, 0.29) is 0 Å². The number of carbonyl (C=O) groups excluding carboxylic acids is 1. The van der Waals surface area contributed by atoms with Gasteiger partial charge in [-0.05, 0) is 43.1 Å². The normalized spacial score (nSPS) is 32.2. The fraction of sp³-hybridized carbons (Fsp3) is 0.750. The van der Waals surface area contributed by atoms with Gasteiger partial charge in [0.25, 0.3) is 0 Å². The average Bonchev–Trinajstić information content (AvgIpc) is 2.93. The van der Waals surface area contributed by atoms with E-state index in [2.05, 4.69) is 12.2 Å². The van der Waals surface area contributed by atoms with E-state index in [1.807, 2.05) is 0 Å². The second kappa shape index (κ2) is 4.81. The van der Waals surface area contributed by atoms with E-state index < -0.39 is 8.56 Å². The molecule has 0 radical (unpaired) electrons. The van der Waals surface area contributed by atoms with Crippen LogP contribution >= 0.6 is 0 Å². The highest BCUT2D eigenvalue weighted by molar-refractivity contribution is 6.91. The van der Waals surface area contributed by atoms with Crippen LogP contribution in [0.3, 0.4) is 0 Å². The van der Waals surface area contributed by atoms with Gasteiger partial charge in [0.05, 0.1) is 0 Å². The van der Waals surface area contributed by atoms with Crippen molar-refractivity contribution in [1.29, 1.82) is 0 Å². The van der Waals surface area contributed by atoms with Crippen LogP contribution in [0.15, 0.2) is 12.2 Å². The standard InChI is InChI=1S/C12H20O3Si/c1-14-16(9-13,15-2)6-5-12-8-10-3-4-11(12)7-10/h3-4,9-12H,5-8H2,1-2H3. The maximum Gasteiger partial charge on any atom is 0.405 e. The molecule has 4 heteroatoms. The van der Waals surface area contributed by atoms with E-state index in [0.29, 0.717) is 0 Å². The number of carbonyl (C=O) groups is 1. The summed E-state index contributed by atoms with van der Waals surface area (Å²) in [7, 11) is 0.659. The summed E-state index contributed by atoms with van der Waals surface area (Å²) in [5.41, 5.74) is 0. The monoisotopic (exact) mass is 240 g/mol. The summed E-state index contributed by atoms with van der Waals surface area (Å²) < 4.78 is 10.6. The van der Waals surface area contributed by atoms with Crippen molar-refractivity contribution in [2.45, 2.75) is 25.3 Å². The van der Waals surface area contributed by atoms with Gasteiger partial charge < -0.3 is 13.6 Å². The fourth-order valence-corrected chi connectivity index (χ4v) is 4.71. The van der Waals surface area contributed by atoms with Crippen LogP contribution in [0.2, 0.25) is 6.04 Å². The zero-order chi connectivity index (χ0) is 11.6. The topological polar surface area (TPSA) is 35.5 Å². The van der Waals surface area contributed by atoms with Gasteiger partial charge in [-0.1, -0.05) is 12.2 Å². The van der Waals surface area contributed by atoms with Crippen LogP contribution in [0.5, 0.6) is 0 Å². The first-order valence-electron chi connectivity index (χ1n) is 5.98. The van der Waals surface area contributed by atoms with Crippen LogP contribution in [0.25, 0.3) is 0 Å². The third-order valence-electron chi connectivity index (χ3n) is 4.15. The SMILES string of the molecule is CO[Si](C=O)(CCC1CC2C=CC1C2)OC. The Balaban J connectivity index is 1.87. The first-order chi connectivity index (χ1) is 7.73. The Labute approximate surface area is 98.1 Å². The summed E-state index contributed by atoms with van der Waals surface area (Å²) >= 11 is 0. The minimum Gasteiger partial charge on any atom is -0.393 e. The summed E-state index contributed by atoms with van der Waals surface area (Å²) in [6.45, 7) is 0. The summed E-state index contributed by atoms with van der Waals surface area (Å²) in [4.78, 5) is 11.1. The molecule has 2 rings (SSSR count).